The molecule has 4 heteroatoms. The molecule has 1 atom stereocenters. The number of ether oxygens (including phenoxy) is 1. The number of nitrogens with zero attached hydrogens (tertiary/aromatic N) is 2. The highest BCUT2D eigenvalue weighted by Crippen LogP contribution is 2.25. The van der Waals surface area contributed by atoms with Gasteiger partial charge in [0.1, 0.15) is 11.6 Å². The minimum absolute atomic E-state index is 0.0898. The molecular formula is C19H23N3O. The van der Waals surface area contributed by atoms with Crippen LogP contribution in [0.1, 0.15) is 31.3 Å². The van der Waals surface area contributed by atoms with Crippen LogP contribution >= 0.6 is 0 Å². The number of imidazole rings is 1. The standard InChI is InChI=1S/C19H23N3O/c1-13(2)18(20)19-21-16-9-4-5-10-17(16)22(19)12-14-7-6-8-15(11-14)23-3/h4-11,13,18H,12,20H2,1-3H3/t18-/m0/s1. The highest BCUT2D eigenvalue weighted by atomic mass is 16.5. The van der Waals surface area contributed by atoms with Crippen molar-refractivity contribution in [2.45, 2.75) is 26.4 Å². The van der Waals surface area contributed by atoms with Crippen LogP contribution in [0.3, 0.4) is 0 Å². The zero-order valence-corrected chi connectivity index (χ0v) is 13.9. The van der Waals surface area contributed by atoms with E-state index in [0.717, 1.165) is 29.2 Å². The Kier molecular flexibility index (Phi) is 4.35. The molecule has 120 valence electrons. The van der Waals surface area contributed by atoms with Gasteiger partial charge < -0.3 is 15.0 Å². The van der Waals surface area contributed by atoms with E-state index in [1.165, 1.54) is 5.56 Å². The van der Waals surface area contributed by atoms with Crippen molar-refractivity contribution in [2.24, 2.45) is 11.7 Å². The highest BCUT2D eigenvalue weighted by Gasteiger charge is 2.19. The third-order valence-corrected chi connectivity index (χ3v) is 4.18. The van der Waals surface area contributed by atoms with Crippen molar-refractivity contribution >= 4 is 11.0 Å². The van der Waals surface area contributed by atoms with E-state index in [-0.39, 0.29) is 6.04 Å². The molecule has 0 bridgehead atoms. The van der Waals surface area contributed by atoms with Gasteiger partial charge in [-0.3, -0.25) is 0 Å². The van der Waals surface area contributed by atoms with Gasteiger partial charge in [0.15, 0.2) is 0 Å². The van der Waals surface area contributed by atoms with E-state index in [2.05, 4.69) is 36.6 Å². The molecule has 0 spiro atoms. The molecule has 0 unspecified atom stereocenters. The monoisotopic (exact) mass is 309 g/mol. The predicted molar refractivity (Wildman–Crippen MR) is 93.6 cm³/mol. The van der Waals surface area contributed by atoms with Crippen molar-refractivity contribution in [3.8, 4) is 5.75 Å². The maximum absolute atomic E-state index is 6.40. The molecule has 0 fully saturated rings. The zero-order valence-electron chi connectivity index (χ0n) is 13.9. The van der Waals surface area contributed by atoms with Crippen LogP contribution < -0.4 is 10.5 Å². The minimum atomic E-state index is -0.0898. The fourth-order valence-corrected chi connectivity index (χ4v) is 2.77. The van der Waals surface area contributed by atoms with E-state index in [9.17, 15) is 0 Å². The fourth-order valence-electron chi connectivity index (χ4n) is 2.77. The lowest BCUT2D eigenvalue weighted by molar-refractivity contribution is 0.414. The quantitative estimate of drug-likeness (QED) is 0.781. The first-order valence-electron chi connectivity index (χ1n) is 7.94. The molecule has 0 saturated carbocycles. The zero-order chi connectivity index (χ0) is 16.4. The maximum atomic E-state index is 6.40. The Hall–Kier alpha value is -2.33. The number of rotatable bonds is 5. The number of benzene rings is 2. The van der Waals surface area contributed by atoms with Crippen LogP contribution in [-0.2, 0) is 6.54 Å². The molecule has 3 rings (SSSR count). The number of hydrogen-bond acceptors (Lipinski definition) is 3. The molecule has 2 N–H and O–H groups in total. The second kappa shape index (κ2) is 6.42. The molecule has 23 heavy (non-hydrogen) atoms. The number of para-hydroxylation sites is 2. The third kappa shape index (κ3) is 3.08. The molecule has 1 aromatic heterocycles. The van der Waals surface area contributed by atoms with Gasteiger partial charge in [-0.05, 0) is 35.7 Å². The Morgan fingerprint density at radius 3 is 2.65 bits per heavy atom. The van der Waals surface area contributed by atoms with E-state index in [1.807, 2.05) is 30.3 Å². The van der Waals surface area contributed by atoms with E-state index >= 15 is 0 Å². The average Bonchev–Trinajstić information content (AvgIpc) is 2.93. The SMILES string of the molecule is COc1cccc(Cn2c([C@@H](N)C(C)C)nc3ccccc32)c1. The lowest BCUT2D eigenvalue weighted by atomic mass is 10.0. The summed E-state index contributed by atoms with van der Waals surface area (Å²) in [4.78, 5) is 4.78. The summed E-state index contributed by atoms with van der Waals surface area (Å²) < 4.78 is 7.54. The van der Waals surface area contributed by atoms with Crippen LogP contribution in [0.2, 0.25) is 0 Å². The molecule has 0 aliphatic heterocycles. The Bertz CT molecular complexity index is 807. The lowest BCUT2D eigenvalue weighted by Gasteiger charge is -2.18. The summed E-state index contributed by atoms with van der Waals surface area (Å²) >= 11 is 0. The first-order chi connectivity index (χ1) is 11.1. The number of hydrogen-bond donors (Lipinski definition) is 1. The number of fused-ring (bicyclic) bond motifs is 1. The van der Waals surface area contributed by atoms with E-state index in [0.29, 0.717) is 5.92 Å². The van der Waals surface area contributed by atoms with Gasteiger partial charge >= 0.3 is 0 Å². The first kappa shape index (κ1) is 15.6. The second-order valence-corrected chi connectivity index (χ2v) is 6.17. The molecule has 0 aliphatic carbocycles. The van der Waals surface area contributed by atoms with E-state index in [4.69, 9.17) is 15.5 Å². The topological polar surface area (TPSA) is 53.1 Å². The van der Waals surface area contributed by atoms with E-state index in [1.54, 1.807) is 7.11 Å². The molecule has 0 amide bonds. The van der Waals surface area contributed by atoms with Gasteiger partial charge in [0, 0.05) is 6.54 Å². The molecule has 2 aromatic carbocycles. The molecular weight excluding hydrogens is 286 g/mol. The molecule has 1 heterocycles. The summed E-state index contributed by atoms with van der Waals surface area (Å²) in [6.45, 7) is 4.98. The number of methoxy groups -OCH3 is 1. The first-order valence-corrected chi connectivity index (χ1v) is 7.94. The van der Waals surface area contributed by atoms with Gasteiger partial charge in [-0.2, -0.15) is 0 Å². The fraction of sp³-hybridized carbons (Fsp3) is 0.316. The predicted octanol–water partition coefficient (Wildman–Crippen LogP) is 3.75. The van der Waals surface area contributed by atoms with Gasteiger partial charge in [-0.25, -0.2) is 4.98 Å². The van der Waals surface area contributed by atoms with Crippen molar-refractivity contribution in [1.29, 1.82) is 0 Å². The second-order valence-electron chi connectivity index (χ2n) is 6.17. The minimum Gasteiger partial charge on any atom is -0.497 e. The maximum Gasteiger partial charge on any atom is 0.127 e. The largest absolute Gasteiger partial charge is 0.497 e. The Morgan fingerprint density at radius 2 is 1.91 bits per heavy atom. The van der Waals surface area contributed by atoms with Crippen molar-refractivity contribution in [2.75, 3.05) is 7.11 Å². The number of nitrogens with two attached hydrogens (primary N) is 1. The van der Waals surface area contributed by atoms with Crippen molar-refractivity contribution < 1.29 is 4.74 Å². The van der Waals surface area contributed by atoms with Crippen LogP contribution in [0.15, 0.2) is 48.5 Å². The van der Waals surface area contributed by atoms with Crippen molar-refractivity contribution in [3.05, 3.63) is 59.9 Å². The Labute approximate surface area is 136 Å². The van der Waals surface area contributed by atoms with Gasteiger partial charge in [0.05, 0.1) is 24.2 Å². The highest BCUT2D eigenvalue weighted by molar-refractivity contribution is 5.76. The van der Waals surface area contributed by atoms with Gasteiger partial charge in [-0.15, -0.1) is 0 Å². The smallest absolute Gasteiger partial charge is 0.127 e. The summed E-state index contributed by atoms with van der Waals surface area (Å²) in [5.74, 6) is 2.13. The number of aromatic nitrogens is 2. The summed E-state index contributed by atoms with van der Waals surface area (Å²) in [6, 6.07) is 16.2. The normalized spacial score (nSPS) is 12.7. The lowest BCUT2D eigenvalue weighted by Crippen LogP contribution is -2.22. The van der Waals surface area contributed by atoms with Crippen molar-refractivity contribution in [3.63, 3.8) is 0 Å². The molecule has 4 nitrogen and oxygen atoms in total. The van der Waals surface area contributed by atoms with Crippen molar-refractivity contribution in [1.82, 2.24) is 9.55 Å². The molecule has 0 radical (unpaired) electrons. The van der Waals surface area contributed by atoms with Crippen LogP contribution in [-0.4, -0.2) is 16.7 Å². The third-order valence-electron chi connectivity index (χ3n) is 4.18. The van der Waals surface area contributed by atoms with Crippen LogP contribution in [0.25, 0.3) is 11.0 Å². The molecule has 0 saturated heterocycles. The Balaban J connectivity index is 2.08. The van der Waals surface area contributed by atoms with Crippen LogP contribution in [0.4, 0.5) is 0 Å². The Morgan fingerprint density at radius 1 is 1.13 bits per heavy atom. The summed E-state index contributed by atoms with van der Waals surface area (Å²) in [7, 11) is 1.69. The van der Waals surface area contributed by atoms with Gasteiger partial charge in [0.25, 0.3) is 0 Å². The summed E-state index contributed by atoms with van der Waals surface area (Å²) in [5, 5.41) is 0. The van der Waals surface area contributed by atoms with E-state index < -0.39 is 0 Å². The van der Waals surface area contributed by atoms with Crippen LogP contribution in [0, 0.1) is 5.92 Å². The van der Waals surface area contributed by atoms with Crippen LogP contribution in [0.5, 0.6) is 5.75 Å². The molecule has 0 aliphatic rings. The summed E-state index contributed by atoms with van der Waals surface area (Å²) in [6.07, 6.45) is 0. The average molecular weight is 309 g/mol. The van der Waals surface area contributed by atoms with Gasteiger partial charge in [0.2, 0.25) is 0 Å². The molecule has 3 aromatic rings. The van der Waals surface area contributed by atoms with Gasteiger partial charge in [-0.1, -0.05) is 38.1 Å². The summed E-state index contributed by atoms with van der Waals surface area (Å²) in [5.41, 5.74) is 9.68.